The molecule has 0 unspecified atom stereocenters. The molecular formula is C32H23BrN4. The molecule has 0 saturated heterocycles. The number of aromatic amines is 2. The molecule has 5 aromatic rings. The van der Waals surface area contributed by atoms with Crippen molar-refractivity contribution in [1.29, 1.82) is 0 Å². The fourth-order valence-electron chi connectivity index (χ4n) is 5.20. The number of nitrogens with one attached hydrogen (secondary N) is 2. The van der Waals surface area contributed by atoms with Crippen LogP contribution in [-0.2, 0) is 12.8 Å². The molecule has 178 valence electrons. The van der Waals surface area contributed by atoms with Crippen molar-refractivity contribution in [2.24, 2.45) is 0 Å². The van der Waals surface area contributed by atoms with Gasteiger partial charge in [-0.15, -0.1) is 0 Å². The molecule has 5 heterocycles. The molecule has 2 aliphatic heterocycles. The monoisotopic (exact) mass is 542 g/mol. The minimum Gasteiger partial charge on any atom is -0.355 e. The van der Waals surface area contributed by atoms with Gasteiger partial charge in [-0.05, 0) is 82.4 Å². The first-order chi connectivity index (χ1) is 18.2. The van der Waals surface area contributed by atoms with Gasteiger partial charge in [-0.2, -0.15) is 0 Å². The second-order valence-electron chi connectivity index (χ2n) is 9.32. The van der Waals surface area contributed by atoms with E-state index in [1.54, 1.807) is 0 Å². The van der Waals surface area contributed by atoms with Gasteiger partial charge in [0.2, 0.25) is 0 Å². The maximum Gasteiger partial charge on any atom is 0.0798 e. The molecule has 2 aliphatic rings. The summed E-state index contributed by atoms with van der Waals surface area (Å²) in [5, 5.41) is 0. The standard InChI is InChI=1S/C32H23BrN4/c33-32-28-17-15-26(36-28)30(20-7-3-1-4-8-20)24-13-11-22(34-24)19-23-12-14-25(35-23)31(21-9-5-2-6-10-21)27-16-18-29(32)37-27/h1-15,17,19,34-35H,16,18H2. The van der Waals surface area contributed by atoms with Crippen LogP contribution in [0.3, 0.4) is 0 Å². The van der Waals surface area contributed by atoms with E-state index in [-0.39, 0.29) is 0 Å². The van der Waals surface area contributed by atoms with Gasteiger partial charge in [0.15, 0.2) is 0 Å². The average Bonchev–Trinajstić information content (AvgIpc) is 3.74. The van der Waals surface area contributed by atoms with Crippen LogP contribution in [0.5, 0.6) is 0 Å². The summed E-state index contributed by atoms with van der Waals surface area (Å²) in [5.74, 6) is 0. The summed E-state index contributed by atoms with van der Waals surface area (Å²) < 4.78 is 0.952. The van der Waals surface area contributed by atoms with Gasteiger partial charge < -0.3 is 9.97 Å². The first-order valence-electron chi connectivity index (χ1n) is 12.4. The third kappa shape index (κ3) is 4.02. The Bertz CT molecular complexity index is 1830. The number of fused-ring (bicyclic) bond motifs is 8. The lowest BCUT2D eigenvalue weighted by Crippen LogP contribution is -1.87. The predicted octanol–water partition coefficient (Wildman–Crippen LogP) is 8.37. The van der Waals surface area contributed by atoms with Crippen molar-refractivity contribution >= 4 is 50.1 Å². The molecule has 0 amide bonds. The Labute approximate surface area is 222 Å². The van der Waals surface area contributed by atoms with Gasteiger partial charge in [-0.1, -0.05) is 60.7 Å². The maximum atomic E-state index is 5.14. The maximum absolute atomic E-state index is 5.14. The first-order valence-corrected chi connectivity index (χ1v) is 13.2. The van der Waals surface area contributed by atoms with E-state index < -0.39 is 0 Å². The highest BCUT2D eigenvalue weighted by Crippen LogP contribution is 2.34. The Morgan fingerprint density at radius 3 is 1.81 bits per heavy atom. The zero-order valence-corrected chi connectivity index (χ0v) is 21.6. The third-order valence-corrected chi connectivity index (χ3v) is 7.79. The van der Waals surface area contributed by atoms with E-state index >= 15 is 0 Å². The number of H-pyrrole nitrogens is 2. The third-order valence-electron chi connectivity index (χ3n) is 6.92. The molecule has 37 heavy (non-hydrogen) atoms. The topological polar surface area (TPSA) is 57.4 Å². The highest BCUT2D eigenvalue weighted by atomic mass is 79.9. The van der Waals surface area contributed by atoms with Crippen LogP contribution < -0.4 is 0 Å². The van der Waals surface area contributed by atoms with Gasteiger partial charge in [0.25, 0.3) is 0 Å². The fraction of sp³-hybridized carbons (Fsp3) is 0.0625. The van der Waals surface area contributed by atoms with Gasteiger partial charge in [0.05, 0.1) is 27.2 Å². The van der Waals surface area contributed by atoms with Crippen molar-refractivity contribution < 1.29 is 0 Å². The normalized spacial score (nSPS) is 12.7. The van der Waals surface area contributed by atoms with Crippen molar-refractivity contribution in [2.45, 2.75) is 12.8 Å². The quantitative estimate of drug-likeness (QED) is 0.231. The number of halogens is 1. The highest BCUT2D eigenvalue weighted by Gasteiger charge is 2.18. The van der Waals surface area contributed by atoms with Crippen LogP contribution in [-0.4, -0.2) is 19.9 Å². The van der Waals surface area contributed by atoms with Gasteiger partial charge in [0, 0.05) is 33.2 Å². The van der Waals surface area contributed by atoms with Crippen molar-refractivity contribution in [3.05, 3.63) is 118 Å². The molecule has 0 saturated carbocycles. The first kappa shape index (κ1) is 22.0. The Morgan fingerprint density at radius 2 is 1.14 bits per heavy atom. The molecule has 0 atom stereocenters. The summed E-state index contributed by atoms with van der Waals surface area (Å²) in [5.41, 5.74) is 12.6. The summed E-state index contributed by atoms with van der Waals surface area (Å²) in [4.78, 5) is 17.5. The number of hydrogen-bond acceptors (Lipinski definition) is 2. The van der Waals surface area contributed by atoms with Gasteiger partial charge in [-0.3, -0.25) is 4.98 Å². The lowest BCUT2D eigenvalue weighted by Gasteiger charge is -2.04. The summed E-state index contributed by atoms with van der Waals surface area (Å²) in [6, 6.07) is 31.6. The number of aryl methyl sites for hydroxylation is 2. The zero-order chi connectivity index (χ0) is 24.8. The average molecular weight is 543 g/mol. The van der Waals surface area contributed by atoms with Gasteiger partial charge >= 0.3 is 0 Å². The number of benzene rings is 2. The van der Waals surface area contributed by atoms with E-state index in [0.29, 0.717) is 0 Å². The van der Waals surface area contributed by atoms with Crippen LogP contribution in [0.4, 0.5) is 0 Å². The van der Waals surface area contributed by atoms with Crippen molar-refractivity contribution in [3.63, 3.8) is 0 Å². The van der Waals surface area contributed by atoms with E-state index in [4.69, 9.17) is 9.97 Å². The molecule has 5 heteroatoms. The largest absolute Gasteiger partial charge is 0.355 e. The zero-order valence-electron chi connectivity index (χ0n) is 20.0. The minimum atomic E-state index is 0.864. The molecule has 0 spiro atoms. The summed E-state index contributed by atoms with van der Waals surface area (Å²) in [6.07, 6.45) is 5.92. The number of rotatable bonds is 2. The second-order valence-corrected chi connectivity index (χ2v) is 10.1. The van der Waals surface area contributed by atoms with Gasteiger partial charge in [-0.25, -0.2) is 4.98 Å². The van der Waals surface area contributed by atoms with E-state index in [1.807, 2.05) is 12.1 Å². The van der Waals surface area contributed by atoms with Crippen LogP contribution >= 0.6 is 15.9 Å². The van der Waals surface area contributed by atoms with Crippen LogP contribution in [0.2, 0.25) is 0 Å². The Morgan fingerprint density at radius 1 is 0.568 bits per heavy atom. The number of hydrogen-bond donors (Lipinski definition) is 2. The number of nitrogens with zero attached hydrogens (tertiary/aromatic N) is 2. The predicted molar refractivity (Wildman–Crippen MR) is 156 cm³/mol. The Balaban J connectivity index is 1.60. The summed E-state index contributed by atoms with van der Waals surface area (Å²) in [6.45, 7) is 0. The second kappa shape index (κ2) is 9.02. The lowest BCUT2D eigenvalue weighted by molar-refractivity contribution is 1.02. The van der Waals surface area contributed by atoms with E-state index in [9.17, 15) is 0 Å². The smallest absolute Gasteiger partial charge is 0.0798 e. The lowest BCUT2D eigenvalue weighted by atomic mass is 10.0. The minimum absolute atomic E-state index is 0.864. The van der Waals surface area contributed by atoms with Crippen LogP contribution in [0, 0.1) is 0 Å². The van der Waals surface area contributed by atoms with Crippen molar-refractivity contribution in [1.82, 2.24) is 19.9 Å². The van der Waals surface area contributed by atoms with Crippen molar-refractivity contribution in [2.75, 3.05) is 0 Å². The molecule has 0 radical (unpaired) electrons. The van der Waals surface area contributed by atoms with E-state index in [2.05, 4.69) is 117 Å². The molecule has 3 aromatic heterocycles. The van der Waals surface area contributed by atoms with E-state index in [1.165, 1.54) is 0 Å². The summed E-state index contributed by atoms with van der Waals surface area (Å²) in [7, 11) is 0. The molecule has 4 nitrogen and oxygen atoms in total. The molecule has 0 aliphatic carbocycles. The van der Waals surface area contributed by atoms with Crippen LogP contribution in [0.25, 0.3) is 56.5 Å². The fourth-order valence-corrected chi connectivity index (χ4v) is 5.71. The SMILES string of the molecule is Brc1c2nc(c(-c3ccccc3)c3ccc(cc4ccc([nH]4)c(-c4ccccc4)c4nc1CC4)[nH]3)C=C2. The van der Waals surface area contributed by atoms with Gasteiger partial charge in [0.1, 0.15) is 0 Å². The van der Waals surface area contributed by atoms with Crippen molar-refractivity contribution in [3.8, 4) is 22.3 Å². The molecule has 0 fully saturated rings. The van der Waals surface area contributed by atoms with Crippen LogP contribution in [0.15, 0.2) is 95.5 Å². The Hall–Kier alpha value is -4.22. The number of aromatic nitrogens is 4. The molecule has 2 aromatic carbocycles. The molecule has 7 rings (SSSR count). The molecule has 2 N–H and O–H groups in total. The van der Waals surface area contributed by atoms with Crippen LogP contribution in [0.1, 0.15) is 22.8 Å². The Kier molecular flexibility index (Phi) is 5.37. The van der Waals surface area contributed by atoms with E-state index in [0.717, 1.165) is 84.4 Å². The molecular weight excluding hydrogens is 520 g/mol. The molecule has 8 bridgehead atoms. The summed E-state index contributed by atoms with van der Waals surface area (Å²) >= 11 is 3.85. The highest BCUT2D eigenvalue weighted by molar-refractivity contribution is 9.10.